The fourth-order valence-corrected chi connectivity index (χ4v) is 3.05. The molecule has 2 aromatic rings. The summed E-state index contributed by atoms with van der Waals surface area (Å²) in [4.78, 5) is 0.101. The average Bonchev–Trinajstić information content (AvgIpc) is 2.89. The molecule has 98 valence electrons. The molecule has 0 saturated carbocycles. The Morgan fingerprint density at radius 1 is 1.33 bits per heavy atom. The van der Waals surface area contributed by atoms with Crippen LogP contribution in [0.4, 0.5) is 0 Å². The molecule has 0 N–H and O–H groups in total. The highest BCUT2D eigenvalue weighted by Crippen LogP contribution is 2.23. The summed E-state index contributed by atoms with van der Waals surface area (Å²) in [5, 5.41) is 7.17. The monoisotopic (exact) mass is 271 g/mol. The fraction of sp³-hybridized carbons (Fsp3) is 0.400. The zero-order chi connectivity index (χ0) is 13.3. The van der Waals surface area contributed by atoms with E-state index in [9.17, 15) is 8.42 Å². The number of hydrogen-bond donors (Lipinski definition) is 0. The Hall–Kier alpha value is -1.67. The lowest BCUT2D eigenvalue weighted by Crippen LogP contribution is -2.27. The van der Waals surface area contributed by atoms with E-state index in [0.717, 1.165) is 0 Å². The smallest absolute Gasteiger partial charge is 0.248 e. The van der Waals surface area contributed by atoms with Crippen molar-refractivity contribution < 1.29 is 17.5 Å². The number of aromatic nitrogens is 2. The summed E-state index contributed by atoms with van der Waals surface area (Å²) in [6.45, 7) is 3.26. The van der Waals surface area contributed by atoms with Crippen LogP contribution >= 0.6 is 0 Å². The van der Waals surface area contributed by atoms with Crippen LogP contribution in [0.15, 0.2) is 26.2 Å². The van der Waals surface area contributed by atoms with Crippen LogP contribution in [0, 0.1) is 13.8 Å². The average molecular weight is 271 g/mol. The van der Waals surface area contributed by atoms with Crippen LogP contribution in [-0.2, 0) is 16.6 Å². The summed E-state index contributed by atoms with van der Waals surface area (Å²) < 4.78 is 35.6. The van der Waals surface area contributed by atoms with E-state index >= 15 is 0 Å². The van der Waals surface area contributed by atoms with Crippen molar-refractivity contribution in [1.29, 1.82) is 0 Å². The number of rotatable bonds is 4. The first kappa shape index (κ1) is 12.8. The third-order valence-corrected chi connectivity index (χ3v) is 4.55. The topological polar surface area (TPSA) is 89.4 Å². The Kier molecular flexibility index (Phi) is 3.22. The number of aryl methyl sites for hydroxylation is 2. The minimum Gasteiger partial charge on any atom is -0.360 e. The fourth-order valence-electron chi connectivity index (χ4n) is 1.63. The Bertz CT molecular complexity index is 611. The molecule has 0 aliphatic heterocycles. The van der Waals surface area contributed by atoms with Gasteiger partial charge in [-0.3, -0.25) is 0 Å². The van der Waals surface area contributed by atoms with Gasteiger partial charge in [0.15, 0.2) is 11.5 Å². The molecule has 0 saturated heterocycles. The molecule has 0 unspecified atom stereocenters. The molecule has 0 spiro atoms. The highest BCUT2D eigenvalue weighted by atomic mass is 32.2. The summed E-state index contributed by atoms with van der Waals surface area (Å²) in [5.41, 5.74) is 0.344. The van der Waals surface area contributed by atoms with Gasteiger partial charge in [-0.25, -0.2) is 8.42 Å². The first-order chi connectivity index (χ1) is 8.43. The molecule has 0 aliphatic rings. The Morgan fingerprint density at radius 2 is 2.06 bits per heavy atom. The molecular weight excluding hydrogens is 258 g/mol. The van der Waals surface area contributed by atoms with Gasteiger partial charge in [-0.2, -0.15) is 4.31 Å². The van der Waals surface area contributed by atoms with E-state index in [1.165, 1.54) is 17.5 Å². The highest BCUT2D eigenvalue weighted by Gasteiger charge is 2.29. The van der Waals surface area contributed by atoms with E-state index in [-0.39, 0.29) is 17.2 Å². The second-order valence-electron chi connectivity index (χ2n) is 3.89. The van der Waals surface area contributed by atoms with Crippen LogP contribution in [0.1, 0.15) is 17.2 Å². The van der Waals surface area contributed by atoms with Gasteiger partial charge in [0.2, 0.25) is 10.0 Å². The van der Waals surface area contributed by atoms with Gasteiger partial charge < -0.3 is 9.05 Å². The summed E-state index contributed by atoms with van der Waals surface area (Å²) >= 11 is 0. The highest BCUT2D eigenvalue weighted by molar-refractivity contribution is 7.89. The van der Waals surface area contributed by atoms with Crippen LogP contribution < -0.4 is 0 Å². The zero-order valence-corrected chi connectivity index (χ0v) is 11.1. The minimum atomic E-state index is -3.64. The molecule has 2 rings (SSSR count). The normalized spacial score (nSPS) is 12.2. The van der Waals surface area contributed by atoms with E-state index in [0.29, 0.717) is 11.5 Å². The van der Waals surface area contributed by atoms with Gasteiger partial charge in [0.25, 0.3) is 0 Å². The molecule has 8 heteroatoms. The Morgan fingerprint density at radius 3 is 2.56 bits per heavy atom. The maximum atomic E-state index is 12.3. The molecular formula is C10H13N3O4S. The first-order valence-corrected chi connectivity index (χ1v) is 6.65. The quantitative estimate of drug-likeness (QED) is 0.827. The minimum absolute atomic E-state index is 0.101. The molecule has 7 nitrogen and oxygen atoms in total. The third kappa shape index (κ3) is 2.16. The van der Waals surface area contributed by atoms with Crippen molar-refractivity contribution in [2.75, 3.05) is 7.05 Å². The third-order valence-electron chi connectivity index (χ3n) is 2.51. The molecule has 0 atom stereocenters. The molecule has 0 bridgehead atoms. The van der Waals surface area contributed by atoms with Gasteiger partial charge in [0, 0.05) is 13.1 Å². The second kappa shape index (κ2) is 4.54. The molecule has 0 fully saturated rings. The van der Waals surface area contributed by atoms with Crippen molar-refractivity contribution in [1.82, 2.24) is 14.6 Å². The number of sulfonamides is 1. The molecule has 0 aromatic carbocycles. The van der Waals surface area contributed by atoms with E-state index in [1.807, 2.05) is 0 Å². The Balaban J connectivity index is 2.32. The van der Waals surface area contributed by atoms with Gasteiger partial charge in [-0.05, 0) is 13.8 Å². The number of nitrogens with zero attached hydrogens (tertiary/aromatic N) is 3. The van der Waals surface area contributed by atoms with Gasteiger partial charge in [-0.15, -0.1) is 0 Å². The van der Waals surface area contributed by atoms with Crippen molar-refractivity contribution in [3.8, 4) is 0 Å². The Labute approximate surface area is 104 Å². The lowest BCUT2D eigenvalue weighted by Gasteiger charge is -2.14. The lowest BCUT2D eigenvalue weighted by atomic mass is 10.4. The van der Waals surface area contributed by atoms with Crippen LogP contribution in [0.5, 0.6) is 0 Å². The van der Waals surface area contributed by atoms with Crippen LogP contribution in [0.3, 0.4) is 0 Å². The van der Waals surface area contributed by atoms with Crippen molar-refractivity contribution in [2.45, 2.75) is 25.3 Å². The van der Waals surface area contributed by atoms with Gasteiger partial charge in [-0.1, -0.05) is 10.3 Å². The summed E-state index contributed by atoms with van der Waals surface area (Å²) in [7, 11) is -2.18. The summed E-state index contributed by atoms with van der Waals surface area (Å²) in [6, 6.07) is 1.61. The van der Waals surface area contributed by atoms with Gasteiger partial charge in [0.1, 0.15) is 10.6 Å². The maximum Gasteiger partial charge on any atom is 0.248 e. The summed E-state index contributed by atoms with van der Waals surface area (Å²) in [6.07, 6.45) is 1.46. The van der Waals surface area contributed by atoms with Gasteiger partial charge >= 0.3 is 0 Å². The SMILES string of the molecule is Cc1noc(C)c1S(=O)(=O)N(C)Cc1ccno1. The van der Waals surface area contributed by atoms with Crippen molar-refractivity contribution in [3.05, 3.63) is 29.5 Å². The van der Waals surface area contributed by atoms with Gasteiger partial charge in [0.05, 0.1) is 12.7 Å². The van der Waals surface area contributed by atoms with Crippen molar-refractivity contribution in [2.24, 2.45) is 0 Å². The van der Waals surface area contributed by atoms with Crippen molar-refractivity contribution >= 4 is 10.0 Å². The van der Waals surface area contributed by atoms with Crippen molar-refractivity contribution in [3.63, 3.8) is 0 Å². The zero-order valence-electron chi connectivity index (χ0n) is 10.2. The van der Waals surface area contributed by atoms with E-state index in [2.05, 4.69) is 10.3 Å². The molecule has 2 heterocycles. The molecule has 0 amide bonds. The van der Waals surface area contributed by atoms with E-state index in [4.69, 9.17) is 9.05 Å². The second-order valence-corrected chi connectivity index (χ2v) is 5.87. The standard InChI is InChI=1S/C10H13N3O4S/c1-7-10(8(2)16-12-7)18(14,15)13(3)6-9-4-5-11-17-9/h4-5H,6H2,1-3H3. The predicted molar refractivity (Wildman–Crippen MR) is 61.1 cm³/mol. The van der Waals surface area contributed by atoms with E-state index < -0.39 is 10.0 Å². The maximum absolute atomic E-state index is 12.3. The largest absolute Gasteiger partial charge is 0.360 e. The molecule has 0 aliphatic carbocycles. The van der Waals surface area contributed by atoms with E-state index in [1.54, 1.807) is 19.9 Å². The molecule has 18 heavy (non-hydrogen) atoms. The molecule has 2 aromatic heterocycles. The lowest BCUT2D eigenvalue weighted by molar-refractivity contribution is 0.342. The predicted octanol–water partition coefficient (Wildman–Crippen LogP) is 1.10. The molecule has 0 radical (unpaired) electrons. The van der Waals surface area contributed by atoms with Crippen LogP contribution in [0.25, 0.3) is 0 Å². The number of hydrogen-bond acceptors (Lipinski definition) is 6. The van der Waals surface area contributed by atoms with Crippen LogP contribution in [-0.4, -0.2) is 30.1 Å². The summed E-state index contributed by atoms with van der Waals surface area (Å²) in [5.74, 6) is 0.741. The van der Waals surface area contributed by atoms with Crippen LogP contribution in [0.2, 0.25) is 0 Å². The first-order valence-electron chi connectivity index (χ1n) is 5.21.